The molecule has 6 rings (SSSR count). The van der Waals surface area contributed by atoms with Crippen LogP contribution in [0.4, 0.5) is 10.6 Å². The summed E-state index contributed by atoms with van der Waals surface area (Å²) in [5.74, 6) is 1.89. The molecule has 0 aromatic carbocycles. The molecule has 0 radical (unpaired) electrons. The molecule has 4 heterocycles. The zero-order chi connectivity index (χ0) is 24.7. The standard InChI is InChI=1S/C24H34N8O4/c1-24(6-7-24)28-23(33)36-15-4-3-14(9-15)17-10-19(30-29-17)27-22-21-20(25-13-26-22)18(31-32(21)2)12-35-16-5-8-34-11-16/h13-17,29H,3-12H2,1-2H3,(H,28,33)(H,25,26,27,30). The van der Waals surface area contributed by atoms with E-state index in [4.69, 9.17) is 14.2 Å². The number of anilines is 1. The van der Waals surface area contributed by atoms with Crippen LogP contribution in [-0.4, -0.2) is 68.7 Å². The van der Waals surface area contributed by atoms with Gasteiger partial charge in [0.25, 0.3) is 0 Å². The minimum Gasteiger partial charge on any atom is -0.446 e. The molecular formula is C24H34N8O4. The number of carbonyl (C=O) groups is 1. The summed E-state index contributed by atoms with van der Waals surface area (Å²) in [6.07, 6.45) is 7.76. The van der Waals surface area contributed by atoms with Gasteiger partial charge in [0, 0.05) is 25.6 Å². The fraction of sp³-hybridized carbons (Fsp3) is 0.708. The number of ether oxygens (including phenoxy) is 3. The summed E-state index contributed by atoms with van der Waals surface area (Å²) >= 11 is 0. The summed E-state index contributed by atoms with van der Waals surface area (Å²) in [6, 6.07) is 0.201. The third-order valence-electron chi connectivity index (χ3n) is 7.75. The van der Waals surface area contributed by atoms with Gasteiger partial charge in [0.05, 0.1) is 25.4 Å². The van der Waals surface area contributed by atoms with Crippen molar-refractivity contribution in [3.05, 3.63) is 12.0 Å². The number of hydrogen-bond donors (Lipinski definition) is 3. The van der Waals surface area contributed by atoms with Crippen molar-refractivity contribution < 1.29 is 19.0 Å². The Morgan fingerprint density at radius 1 is 1.28 bits per heavy atom. The van der Waals surface area contributed by atoms with Crippen molar-refractivity contribution >= 4 is 28.8 Å². The van der Waals surface area contributed by atoms with E-state index in [0.717, 1.165) is 74.1 Å². The second-order valence-electron chi connectivity index (χ2n) is 10.7. The Hall–Kier alpha value is -2.99. The second kappa shape index (κ2) is 9.47. The molecule has 3 fully saturated rings. The highest BCUT2D eigenvalue weighted by Gasteiger charge is 2.41. The van der Waals surface area contributed by atoms with Gasteiger partial charge < -0.3 is 30.3 Å². The molecule has 1 saturated heterocycles. The van der Waals surface area contributed by atoms with E-state index in [9.17, 15) is 4.79 Å². The van der Waals surface area contributed by atoms with E-state index < -0.39 is 0 Å². The summed E-state index contributed by atoms with van der Waals surface area (Å²) in [4.78, 5) is 21.1. The zero-order valence-electron chi connectivity index (χ0n) is 20.8. The molecule has 0 spiro atoms. The highest BCUT2D eigenvalue weighted by Crippen LogP contribution is 2.36. The highest BCUT2D eigenvalue weighted by atomic mass is 16.6. The molecule has 2 aliphatic heterocycles. The average molecular weight is 499 g/mol. The lowest BCUT2D eigenvalue weighted by atomic mass is 9.96. The fourth-order valence-electron chi connectivity index (χ4n) is 5.34. The summed E-state index contributed by atoms with van der Waals surface area (Å²) in [5, 5.41) is 15.5. The van der Waals surface area contributed by atoms with Crippen molar-refractivity contribution in [2.45, 2.75) is 82.3 Å². The number of fused-ring (bicyclic) bond motifs is 1. The van der Waals surface area contributed by atoms with Gasteiger partial charge in [-0.2, -0.15) is 10.2 Å². The number of hydrogen-bond acceptors (Lipinski definition) is 10. The van der Waals surface area contributed by atoms with Gasteiger partial charge in [0.15, 0.2) is 5.82 Å². The molecular weight excluding hydrogens is 464 g/mol. The first-order valence-electron chi connectivity index (χ1n) is 12.9. The van der Waals surface area contributed by atoms with Gasteiger partial charge in [-0.15, -0.1) is 0 Å². The number of amides is 1. The van der Waals surface area contributed by atoms with Crippen LogP contribution < -0.4 is 16.1 Å². The maximum absolute atomic E-state index is 12.2. The minimum absolute atomic E-state index is 0.0384. The number of carbonyl (C=O) groups excluding carboxylic acids is 1. The highest BCUT2D eigenvalue weighted by molar-refractivity contribution is 6.01. The first-order valence-corrected chi connectivity index (χ1v) is 12.9. The Balaban J connectivity index is 1.04. The molecule has 3 N–H and O–H groups in total. The Morgan fingerprint density at radius 2 is 2.17 bits per heavy atom. The van der Waals surface area contributed by atoms with Crippen LogP contribution in [0.3, 0.4) is 0 Å². The Morgan fingerprint density at radius 3 is 2.97 bits per heavy atom. The lowest BCUT2D eigenvalue weighted by Gasteiger charge is -2.19. The van der Waals surface area contributed by atoms with Gasteiger partial charge in [0.1, 0.15) is 35.0 Å². The molecule has 36 heavy (non-hydrogen) atoms. The smallest absolute Gasteiger partial charge is 0.407 e. The van der Waals surface area contributed by atoms with E-state index in [2.05, 4.69) is 43.2 Å². The number of alkyl carbamates (subject to hydrolysis) is 1. The van der Waals surface area contributed by atoms with Crippen LogP contribution in [0.15, 0.2) is 11.4 Å². The van der Waals surface area contributed by atoms with Crippen molar-refractivity contribution in [3.63, 3.8) is 0 Å². The number of nitrogens with one attached hydrogen (secondary N) is 3. The van der Waals surface area contributed by atoms with Crippen LogP contribution in [0.25, 0.3) is 11.0 Å². The van der Waals surface area contributed by atoms with Crippen molar-refractivity contribution in [2.75, 3.05) is 18.5 Å². The molecule has 12 nitrogen and oxygen atoms in total. The predicted molar refractivity (Wildman–Crippen MR) is 131 cm³/mol. The van der Waals surface area contributed by atoms with Crippen molar-refractivity contribution in [1.82, 2.24) is 30.5 Å². The molecule has 2 aromatic heterocycles. The predicted octanol–water partition coefficient (Wildman–Crippen LogP) is 2.20. The van der Waals surface area contributed by atoms with Crippen LogP contribution >= 0.6 is 0 Å². The van der Waals surface area contributed by atoms with Gasteiger partial charge in [-0.25, -0.2) is 14.8 Å². The molecule has 4 unspecified atom stereocenters. The molecule has 2 saturated carbocycles. The van der Waals surface area contributed by atoms with E-state index in [1.165, 1.54) is 0 Å². The van der Waals surface area contributed by atoms with Gasteiger partial charge in [-0.1, -0.05) is 0 Å². The SMILES string of the molecule is Cn1nc(COC2CCOC2)c2ncnc(NC3=NNC(C4CCC(OC(=O)NC5(C)CC5)C4)C3)c21. The van der Waals surface area contributed by atoms with Gasteiger partial charge in [0.2, 0.25) is 0 Å². The first-order chi connectivity index (χ1) is 17.5. The van der Waals surface area contributed by atoms with E-state index in [1.807, 2.05) is 7.05 Å². The maximum Gasteiger partial charge on any atom is 0.407 e. The van der Waals surface area contributed by atoms with E-state index in [-0.39, 0.29) is 29.9 Å². The van der Waals surface area contributed by atoms with Crippen molar-refractivity contribution in [2.24, 2.45) is 18.1 Å². The van der Waals surface area contributed by atoms with Crippen LogP contribution in [0.1, 0.15) is 57.6 Å². The monoisotopic (exact) mass is 498 g/mol. The topological polar surface area (TPSA) is 137 Å². The summed E-state index contributed by atoms with van der Waals surface area (Å²) in [5.41, 5.74) is 5.59. The number of amidine groups is 1. The number of nitrogens with zero attached hydrogens (tertiary/aromatic N) is 5. The van der Waals surface area contributed by atoms with Crippen LogP contribution in [0.2, 0.25) is 0 Å². The van der Waals surface area contributed by atoms with Gasteiger partial charge >= 0.3 is 6.09 Å². The summed E-state index contributed by atoms with van der Waals surface area (Å²) in [6.45, 7) is 3.80. The zero-order valence-corrected chi connectivity index (χ0v) is 20.8. The van der Waals surface area contributed by atoms with Crippen LogP contribution in [-0.2, 0) is 27.9 Å². The number of aryl methyl sites for hydroxylation is 1. The minimum atomic E-state index is -0.288. The lowest BCUT2D eigenvalue weighted by molar-refractivity contribution is 0.0304. The lowest BCUT2D eigenvalue weighted by Crippen LogP contribution is -2.36. The third kappa shape index (κ3) is 4.96. The molecule has 2 aliphatic carbocycles. The van der Waals surface area contributed by atoms with Crippen molar-refractivity contribution in [1.29, 1.82) is 0 Å². The molecule has 12 heteroatoms. The summed E-state index contributed by atoms with van der Waals surface area (Å²) in [7, 11) is 1.88. The van der Waals surface area contributed by atoms with Gasteiger partial charge in [-0.3, -0.25) is 4.68 Å². The van der Waals surface area contributed by atoms with Crippen LogP contribution in [0.5, 0.6) is 0 Å². The number of aromatic nitrogens is 4. The Labute approximate surface area is 209 Å². The summed E-state index contributed by atoms with van der Waals surface area (Å²) < 4.78 is 18.8. The van der Waals surface area contributed by atoms with Crippen molar-refractivity contribution in [3.8, 4) is 0 Å². The molecule has 4 atom stereocenters. The normalized spacial score (nSPS) is 28.7. The number of rotatable bonds is 7. The maximum atomic E-state index is 12.2. The van der Waals surface area contributed by atoms with E-state index in [0.29, 0.717) is 24.9 Å². The van der Waals surface area contributed by atoms with Crippen LogP contribution in [0, 0.1) is 5.92 Å². The van der Waals surface area contributed by atoms with Gasteiger partial charge in [-0.05, 0) is 51.4 Å². The second-order valence-corrected chi connectivity index (χ2v) is 10.7. The van der Waals surface area contributed by atoms with E-state index >= 15 is 0 Å². The molecule has 2 aromatic rings. The quantitative estimate of drug-likeness (QED) is 0.525. The number of hydrazone groups is 1. The molecule has 4 aliphatic rings. The molecule has 1 amide bonds. The molecule has 0 bridgehead atoms. The Bertz CT molecular complexity index is 1160. The first kappa shape index (κ1) is 23.4. The largest absolute Gasteiger partial charge is 0.446 e. The van der Waals surface area contributed by atoms with E-state index in [1.54, 1.807) is 11.0 Å². The fourth-order valence-corrected chi connectivity index (χ4v) is 5.34. The average Bonchev–Trinajstić information content (AvgIpc) is 3.40. The Kier molecular flexibility index (Phi) is 6.16. The molecule has 194 valence electrons. The third-order valence-corrected chi connectivity index (χ3v) is 7.75.